The molecule has 0 aromatic rings. The Labute approximate surface area is 78.5 Å². The van der Waals surface area contributed by atoms with Crippen LogP contribution >= 0.6 is 0 Å². The number of esters is 1. The average Bonchev–Trinajstić information content (AvgIpc) is 2.23. The van der Waals surface area contributed by atoms with Gasteiger partial charge in [0.2, 0.25) is 0 Å². The summed E-state index contributed by atoms with van der Waals surface area (Å²) in [5.41, 5.74) is -0.105. The van der Waals surface area contributed by atoms with Crippen LogP contribution in [0.15, 0.2) is 0 Å². The summed E-state index contributed by atoms with van der Waals surface area (Å²) in [4.78, 5) is 22.0. The Hall–Kier alpha value is -0.860. The predicted octanol–water partition coefficient (Wildman–Crippen LogP) is 1.55. The molecule has 0 spiro atoms. The number of Topliss-reactive ketones (excluding diaryl/α,β-unsaturated/α-hetero) is 1. The van der Waals surface area contributed by atoms with E-state index in [1.807, 2.05) is 13.8 Å². The van der Waals surface area contributed by atoms with Gasteiger partial charge in [-0.3, -0.25) is 4.79 Å². The average molecular weight is 184 g/mol. The SMILES string of the molecule is CC(=O)CCC1C(=O)OCC1(C)C. The Kier molecular flexibility index (Phi) is 2.74. The Morgan fingerprint density at radius 1 is 1.62 bits per heavy atom. The zero-order valence-electron chi connectivity index (χ0n) is 8.42. The standard InChI is InChI=1S/C10H16O3/c1-7(11)4-5-8-9(12)13-6-10(8,2)3/h8H,4-6H2,1-3H3. The number of hydrogen-bond acceptors (Lipinski definition) is 3. The molecule has 74 valence electrons. The maximum absolute atomic E-state index is 11.3. The van der Waals surface area contributed by atoms with Crippen LogP contribution < -0.4 is 0 Å². The monoisotopic (exact) mass is 184 g/mol. The molecular weight excluding hydrogens is 168 g/mol. The number of cyclic esters (lactones) is 1. The number of carbonyl (C=O) groups is 2. The minimum atomic E-state index is -0.147. The molecule has 0 N–H and O–H groups in total. The summed E-state index contributed by atoms with van der Waals surface area (Å²) in [6.07, 6.45) is 1.10. The highest BCUT2D eigenvalue weighted by molar-refractivity contribution is 5.78. The molecule has 13 heavy (non-hydrogen) atoms. The van der Waals surface area contributed by atoms with E-state index >= 15 is 0 Å². The maximum atomic E-state index is 11.3. The molecule has 1 aliphatic rings. The van der Waals surface area contributed by atoms with Crippen molar-refractivity contribution in [3.8, 4) is 0 Å². The molecule has 0 amide bonds. The smallest absolute Gasteiger partial charge is 0.309 e. The van der Waals surface area contributed by atoms with Gasteiger partial charge in [0.25, 0.3) is 0 Å². The van der Waals surface area contributed by atoms with Crippen molar-refractivity contribution < 1.29 is 14.3 Å². The number of ketones is 1. The van der Waals surface area contributed by atoms with Gasteiger partial charge in [-0.1, -0.05) is 13.8 Å². The van der Waals surface area contributed by atoms with Gasteiger partial charge in [0.05, 0.1) is 12.5 Å². The van der Waals surface area contributed by atoms with Crippen LogP contribution in [0.3, 0.4) is 0 Å². The highest BCUT2D eigenvalue weighted by Gasteiger charge is 2.42. The Morgan fingerprint density at radius 3 is 2.62 bits per heavy atom. The fraction of sp³-hybridized carbons (Fsp3) is 0.800. The van der Waals surface area contributed by atoms with Crippen LogP contribution in [-0.2, 0) is 14.3 Å². The molecule has 1 aliphatic heterocycles. The molecule has 1 saturated heterocycles. The second-order valence-corrected chi connectivity index (χ2v) is 4.39. The number of rotatable bonds is 3. The van der Waals surface area contributed by atoms with E-state index in [-0.39, 0.29) is 23.1 Å². The number of hydrogen-bond donors (Lipinski definition) is 0. The molecule has 0 bridgehead atoms. The van der Waals surface area contributed by atoms with Gasteiger partial charge in [0.15, 0.2) is 0 Å². The summed E-state index contributed by atoms with van der Waals surface area (Å²) in [6.45, 7) is 6.03. The van der Waals surface area contributed by atoms with Gasteiger partial charge in [-0.15, -0.1) is 0 Å². The van der Waals surface area contributed by atoms with E-state index in [0.717, 1.165) is 0 Å². The van der Waals surface area contributed by atoms with Crippen LogP contribution in [-0.4, -0.2) is 18.4 Å². The van der Waals surface area contributed by atoms with Crippen LogP contribution in [0.5, 0.6) is 0 Å². The van der Waals surface area contributed by atoms with Gasteiger partial charge in [0, 0.05) is 11.8 Å². The third-order valence-electron chi connectivity index (χ3n) is 2.60. The lowest BCUT2D eigenvalue weighted by Gasteiger charge is -2.20. The van der Waals surface area contributed by atoms with Crippen molar-refractivity contribution in [3.63, 3.8) is 0 Å². The van der Waals surface area contributed by atoms with Crippen molar-refractivity contribution in [3.05, 3.63) is 0 Å². The molecule has 3 nitrogen and oxygen atoms in total. The lowest BCUT2D eigenvalue weighted by atomic mass is 9.79. The van der Waals surface area contributed by atoms with Crippen LogP contribution in [0, 0.1) is 11.3 Å². The van der Waals surface area contributed by atoms with Crippen molar-refractivity contribution in [1.29, 1.82) is 0 Å². The molecule has 1 fully saturated rings. The third kappa shape index (κ3) is 2.29. The molecule has 0 radical (unpaired) electrons. The second-order valence-electron chi connectivity index (χ2n) is 4.39. The third-order valence-corrected chi connectivity index (χ3v) is 2.60. The van der Waals surface area contributed by atoms with Gasteiger partial charge >= 0.3 is 5.97 Å². The molecular formula is C10H16O3. The topological polar surface area (TPSA) is 43.4 Å². The fourth-order valence-corrected chi connectivity index (χ4v) is 1.63. The molecule has 1 unspecified atom stereocenters. The van der Waals surface area contributed by atoms with E-state index in [1.54, 1.807) is 6.92 Å². The minimum Gasteiger partial charge on any atom is -0.465 e. The predicted molar refractivity (Wildman–Crippen MR) is 48.1 cm³/mol. The first-order valence-electron chi connectivity index (χ1n) is 4.59. The van der Waals surface area contributed by atoms with Crippen LogP contribution in [0.25, 0.3) is 0 Å². The molecule has 1 atom stereocenters. The van der Waals surface area contributed by atoms with Crippen molar-refractivity contribution >= 4 is 11.8 Å². The molecule has 0 aliphatic carbocycles. The summed E-state index contributed by atoms with van der Waals surface area (Å²) in [5, 5.41) is 0. The zero-order chi connectivity index (χ0) is 10.1. The van der Waals surface area contributed by atoms with E-state index in [4.69, 9.17) is 4.74 Å². The molecule has 0 aromatic heterocycles. The normalized spacial score (nSPS) is 25.8. The molecule has 0 saturated carbocycles. The largest absolute Gasteiger partial charge is 0.465 e. The number of carbonyl (C=O) groups excluding carboxylic acids is 2. The number of ether oxygens (including phenoxy) is 1. The van der Waals surface area contributed by atoms with Crippen molar-refractivity contribution in [2.24, 2.45) is 11.3 Å². The first-order valence-corrected chi connectivity index (χ1v) is 4.59. The van der Waals surface area contributed by atoms with E-state index in [0.29, 0.717) is 19.4 Å². The van der Waals surface area contributed by atoms with Crippen molar-refractivity contribution in [2.45, 2.75) is 33.6 Å². The van der Waals surface area contributed by atoms with E-state index in [2.05, 4.69) is 0 Å². The summed E-state index contributed by atoms with van der Waals surface area (Å²) in [6, 6.07) is 0. The highest BCUT2D eigenvalue weighted by atomic mass is 16.5. The van der Waals surface area contributed by atoms with E-state index in [1.165, 1.54) is 0 Å². The first-order chi connectivity index (χ1) is 5.93. The van der Waals surface area contributed by atoms with Crippen LogP contribution in [0.1, 0.15) is 33.6 Å². The van der Waals surface area contributed by atoms with E-state index < -0.39 is 0 Å². The summed E-state index contributed by atoms with van der Waals surface area (Å²) in [5.74, 6) is -0.113. The summed E-state index contributed by atoms with van der Waals surface area (Å²) >= 11 is 0. The van der Waals surface area contributed by atoms with Gasteiger partial charge in [0.1, 0.15) is 5.78 Å². The van der Waals surface area contributed by atoms with Crippen LogP contribution in [0.2, 0.25) is 0 Å². The Bertz CT molecular complexity index is 230. The molecule has 1 heterocycles. The van der Waals surface area contributed by atoms with Crippen LogP contribution in [0.4, 0.5) is 0 Å². The summed E-state index contributed by atoms with van der Waals surface area (Å²) in [7, 11) is 0. The quantitative estimate of drug-likeness (QED) is 0.625. The van der Waals surface area contributed by atoms with Gasteiger partial charge in [-0.05, 0) is 13.3 Å². The lowest BCUT2D eigenvalue weighted by molar-refractivity contribution is -0.141. The zero-order valence-corrected chi connectivity index (χ0v) is 8.42. The Balaban J connectivity index is 2.56. The maximum Gasteiger partial charge on any atom is 0.309 e. The first kappa shape index (κ1) is 10.2. The van der Waals surface area contributed by atoms with E-state index in [9.17, 15) is 9.59 Å². The highest BCUT2D eigenvalue weighted by Crippen LogP contribution is 2.37. The second kappa shape index (κ2) is 3.48. The fourth-order valence-electron chi connectivity index (χ4n) is 1.63. The van der Waals surface area contributed by atoms with Gasteiger partial charge in [-0.2, -0.15) is 0 Å². The van der Waals surface area contributed by atoms with Crippen molar-refractivity contribution in [2.75, 3.05) is 6.61 Å². The molecule has 1 rings (SSSR count). The van der Waals surface area contributed by atoms with Crippen molar-refractivity contribution in [1.82, 2.24) is 0 Å². The van der Waals surface area contributed by atoms with Gasteiger partial charge in [-0.25, -0.2) is 0 Å². The minimum absolute atomic E-state index is 0.101. The molecule has 3 heteroatoms. The summed E-state index contributed by atoms with van der Waals surface area (Å²) < 4.78 is 4.96. The Morgan fingerprint density at radius 2 is 2.23 bits per heavy atom. The lowest BCUT2D eigenvalue weighted by Crippen LogP contribution is -2.24. The molecule has 0 aromatic carbocycles. The van der Waals surface area contributed by atoms with Gasteiger partial charge < -0.3 is 9.53 Å².